The molecule has 1 saturated heterocycles. The zero-order chi connectivity index (χ0) is 16.7. The van der Waals surface area contributed by atoms with Crippen LogP contribution in [0.3, 0.4) is 0 Å². The number of rotatable bonds is 1. The lowest BCUT2D eigenvalue weighted by Crippen LogP contribution is -2.62. The maximum Gasteiger partial charge on any atom is 0.263 e. The third-order valence-corrected chi connectivity index (χ3v) is 5.68. The summed E-state index contributed by atoms with van der Waals surface area (Å²) in [4.78, 5) is 27.5. The molecule has 0 aliphatic carbocycles. The molecule has 3 heterocycles. The van der Waals surface area contributed by atoms with Crippen LogP contribution >= 0.6 is 22.9 Å². The molecule has 5 nitrogen and oxygen atoms in total. The van der Waals surface area contributed by atoms with Crippen LogP contribution in [0.4, 0.5) is 5.69 Å². The normalized spacial score (nSPS) is 18.7. The first kappa shape index (κ1) is 15.5. The van der Waals surface area contributed by atoms with Crippen LogP contribution in [0.2, 0.25) is 5.02 Å². The molecule has 2 aliphatic rings. The molecule has 0 saturated carbocycles. The zero-order valence-corrected chi connectivity index (χ0v) is 14.4. The molecule has 1 aromatic heterocycles. The van der Waals surface area contributed by atoms with Gasteiger partial charge in [0.15, 0.2) is 0 Å². The number of piperidine rings is 1. The average Bonchev–Trinajstić information content (AvgIpc) is 3.10. The number of halogens is 1. The van der Waals surface area contributed by atoms with Crippen LogP contribution in [-0.2, 0) is 0 Å². The number of carbonyl (C=O) groups excluding carboxylic acids is 2. The molecule has 4 rings (SSSR count). The summed E-state index contributed by atoms with van der Waals surface area (Å²) in [5.41, 5.74) is 0.857. The van der Waals surface area contributed by atoms with Crippen molar-refractivity contribution in [1.29, 1.82) is 0 Å². The molecular formula is C17H16ClN3O2S. The van der Waals surface area contributed by atoms with Gasteiger partial charge in [0.2, 0.25) is 0 Å². The summed E-state index contributed by atoms with van der Waals surface area (Å²) in [5, 5.41) is 8.95. The molecule has 0 radical (unpaired) electrons. The Morgan fingerprint density at radius 1 is 1.21 bits per heavy atom. The van der Waals surface area contributed by atoms with Gasteiger partial charge in [0.25, 0.3) is 11.8 Å². The van der Waals surface area contributed by atoms with Gasteiger partial charge in [-0.25, -0.2) is 0 Å². The largest absolute Gasteiger partial charge is 0.362 e. The highest BCUT2D eigenvalue weighted by atomic mass is 35.5. The second-order valence-electron chi connectivity index (χ2n) is 6.12. The van der Waals surface area contributed by atoms with Crippen molar-refractivity contribution >= 4 is 40.4 Å². The summed E-state index contributed by atoms with van der Waals surface area (Å²) < 4.78 is 0. The van der Waals surface area contributed by atoms with Crippen LogP contribution in [0.25, 0.3) is 0 Å². The standard InChI is InChI=1S/C17H16ClN3O2S/c18-11-3-4-13-12(10-11)15(22)20-17(19-13)5-7-21(8-6-17)16(23)14-2-1-9-24-14/h1-4,9-10,19H,5-8H2,(H,20,22). The molecule has 1 aromatic carbocycles. The van der Waals surface area contributed by atoms with Gasteiger partial charge in [-0.3, -0.25) is 9.59 Å². The summed E-state index contributed by atoms with van der Waals surface area (Å²) >= 11 is 7.43. The predicted octanol–water partition coefficient (Wildman–Crippen LogP) is 3.19. The van der Waals surface area contributed by atoms with Crippen molar-refractivity contribution in [2.24, 2.45) is 0 Å². The summed E-state index contributed by atoms with van der Waals surface area (Å²) in [5.74, 6) is -0.0570. The molecule has 0 atom stereocenters. The Bertz CT molecular complexity index is 798. The monoisotopic (exact) mass is 361 g/mol. The molecule has 2 amide bonds. The van der Waals surface area contributed by atoms with Gasteiger partial charge >= 0.3 is 0 Å². The third kappa shape index (κ3) is 2.65. The van der Waals surface area contributed by atoms with Gasteiger partial charge in [0.05, 0.1) is 10.4 Å². The maximum atomic E-state index is 12.4. The smallest absolute Gasteiger partial charge is 0.263 e. The molecule has 0 unspecified atom stereocenters. The number of thiophene rings is 1. The summed E-state index contributed by atoms with van der Waals surface area (Å²) in [6.45, 7) is 1.21. The van der Waals surface area contributed by atoms with Crippen molar-refractivity contribution in [2.45, 2.75) is 18.5 Å². The number of hydrogen-bond acceptors (Lipinski definition) is 4. The van der Waals surface area contributed by atoms with Gasteiger partial charge in [0, 0.05) is 36.6 Å². The van der Waals surface area contributed by atoms with Crippen molar-refractivity contribution in [2.75, 3.05) is 18.4 Å². The molecule has 24 heavy (non-hydrogen) atoms. The lowest BCUT2D eigenvalue weighted by atomic mass is 9.92. The van der Waals surface area contributed by atoms with E-state index >= 15 is 0 Å². The number of amides is 2. The van der Waals surface area contributed by atoms with Crippen molar-refractivity contribution in [3.8, 4) is 0 Å². The van der Waals surface area contributed by atoms with Crippen molar-refractivity contribution < 1.29 is 9.59 Å². The fraction of sp³-hybridized carbons (Fsp3) is 0.294. The second-order valence-corrected chi connectivity index (χ2v) is 7.50. The van der Waals surface area contributed by atoms with E-state index in [0.717, 1.165) is 10.6 Å². The van der Waals surface area contributed by atoms with Gasteiger partial charge in [0.1, 0.15) is 5.66 Å². The van der Waals surface area contributed by atoms with Gasteiger partial charge in [-0.15, -0.1) is 11.3 Å². The van der Waals surface area contributed by atoms with Crippen molar-refractivity contribution in [3.05, 3.63) is 51.2 Å². The first-order valence-corrected chi connectivity index (χ1v) is 9.05. The lowest BCUT2D eigenvalue weighted by Gasteiger charge is -2.45. The van der Waals surface area contributed by atoms with Crippen LogP contribution < -0.4 is 10.6 Å². The van der Waals surface area contributed by atoms with Crippen LogP contribution in [0.15, 0.2) is 35.7 Å². The van der Waals surface area contributed by atoms with E-state index in [1.165, 1.54) is 11.3 Å². The van der Waals surface area contributed by atoms with E-state index in [4.69, 9.17) is 11.6 Å². The maximum absolute atomic E-state index is 12.4. The Hall–Kier alpha value is -2.05. The Kier molecular flexibility index (Phi) is 3.73. The van der Waals surface area contributed by atoms with E-state index in [-0.39, 0.29) is 11.8 Å². The van der Waals surface area contributed by atoms with E-state index in [9.17, 15) is 9.59 Å². The molecule has 2 aliphatic heterocycles. The summed E-state index contributed by atoms with van der Waals surface area (Å²) in [6, 6.07) is 9.00. The number of likely N-dealkylation sites (tertiary alicyclic amines) is 1. The summed E-state index contributed by atoms with van der Waals surface area (Å²) in [6.07, 6.45) is 1.33. The minimum Gasteiger partial charge on any atom is -0.362 e. The number of benzene rings is 1. The number of nitrogens with one attached hydrogen (secondary N) is 2. The number of fused-ring (bicyclic) bond motifs is 1. The van der Waals surface area contributed by atoms with Crippen LogP contribution in [0, 0.1) is 0 Å². The highest BCUT2D eigenvalue weighted by molar-refractivity contribution is 7.12. The lowest BCUT2D eigenvalue weighted by molar-refractivity contribution is 0.0644. The van der Waals surface area contributed by atoms with E-state index in [2.05, 4.69) is 10.6 Å². The number of anilines is 1. The molecule has 7 heteroatoms. The number of carbonyl (C=O) groups is 2. The van der Waals surface area contributed by atoms with Crippen molar-refractivity contribution in [1.82, 2.24) is 10.2 Å². The topological polar surface area (TPSA) is 61.4 Å². The first-order valence-electron chi connectivity index (χ1n) is 7.79. The first-order chi connectivity index (χ1) is 11.6. The molecule has 2 aromatic rings. The average molecular weight is 362 g/mol. The Balaban J connectivity index is 1.50. The second kappa shape index (κ2) is 5.79. The van der Waals surface area contributed by atoms with E-state index in [1.54, 1.807) is 12.1 Å². The SMILES string of the molecule is O=C1NC2(CCN(C(=O)c3cccs3)CC2)Nc2ccc(Cl)cc21. The highest BCUT2D eigenvalue weighted by Gasteiger charge is 2.41. The Morgan fingerprint density at radius 3 is 2.71 bits per heavy atom. The number of hydrogen-bond donors (Lipinski definition) is 2. The molecule has 1 spiro atoms. The molecule has 1 fully saturated rings. The van der Waals surface area contributed by atoms with Crippen LogP contribution in [0.5, 0.6) is 0 Å². The molecule has 0 bridgehead atoms. The van der Waals surface area contributed by atoms with Crippen molar-refractivity contribution in [3.63, 3.8) is 0 Å². The van der Waals surface area contributed by atoms with E-state index in [0.29, 0.717) is 36.5 Å². The minimum absolute atomic E-state index is 0.0640. The predicted molar refractivity (Wildman–Crippen MR) is 94.7 cm³/mol. The zero-order valence-electron chi connectivity index (χ0n) is 12.8. The van der Waals surface area contributed by atoms with E-state index < -0.39 is 5.66 Å². The van der Waals surface area contributed by atoms with Crippen LogP contribution in [-0.4, -0.2) is 35.5 Å². The molecular weight excluding hydrogens is 346 g/mol. The highest BCUT2D eigenvalue weighted by Crippen LogP contribution is 2.33. The number of nitrogens with zero attached hydrogens (tertiary/aromatic N) is 1. The summed E-state index contributed by atoms with van der Waals surface area (Å²) in [7, 11) is 0. The Morgan fingerprint density at radius 2 is 2.00 bits per heavy atom. The fourth-order valence-electron chi connectivity index (χ4n) is 3.28. The van der Waals surface area contributed by atoms with Gasteiger partial charge in [-0.1, -0.05) is 17.7 Å². The van der Waals surface area contributed by atoms with Gasteiger partial charge < -0.3 is 15.5 Å². The van der Waals surface area contributed by atoms with E-state index in [1.807, 2.05) is 28.5 Å². The van der Waals surface area contributed by atoms with Gasteiger partial charge in [-0.05, 0) is 29.6 Å². The van der Waals surface area contributed by atoms with Gasteiger partial charge in [-0.2, -0.15) is 0 Å². The Labute approximate surface area is 148 Å². The molecule has 124 valence electrons. The quantitative estimate of drug-likeness (QED) is 0.820. The van der Waals surface area contributed by atoms with Crippen LogP contribution in [0.1, 0.15) is 32.9 Å². The third-order valence-electron chi connectivity index (χ3n) is 4.59. The minimum atomic E-state index is -0.496. The fourth-order valence-corrected chi connectivity index (χ4v) is 4.15. The molecule has 2 N–H and O–H groups in total.